The molecule has 0 unspecified atom stereocenters. The second-order valence-electron chi connectivity index (χ2n) is 6.45. The maximum absolute atomic E-state index is 12.6. The van der Waals surface area contributed by atoms with Gasteiger partial charge in [-0.05, 0) is 38.0 Å². The number of carbonyl (C=O) groups excluding carboxylic acids is 2. The average molecular weight is 365 g/mol. The number of sulfonamides is 1. The molecule has 2 amide bonds. The summed E-state index contributed by atoms with van der Waals surface area (Å²) in [7, 11) is -3.55. The molecule has 136 valence electrons. The standard InChI is InChI=1S/C17H23N3O4S/c1-2-19-12-14(11-16(19)21)18-17(22)13-6-5-7-15(10-13)25(23,24)20-8-3-4-9-20/h5-7,10,14H,2-4,8-9,11-12H2,1H3,(H,18,22)/t14-/m1/s1. The molecule has 2 heterocycles. The van der Waals surface area contributed by atoms with Crippen molar-refractivity contribution in [1.29, 1.82) is 0 Å². The summed E-state index contributed by atoms with van der Waals surface area (Å²) in [6.45, 7) is 4.06. The second-order valence-corrected chi connectivity index (χ2v) is 8.38. The number of likely N-dealkylation sites (N-methyl/N-ethyl adjacent to an activating group) is 1. The van der Waals surface area contributed by atoms with Gasteiger partial charge in [-0.25, -0.2) is 8.42 Å². The number of hydrogen-bond acceptors (Lipinski definition) is 4. The Labute approximate surface area is 148 Å². The summed E-state index contributed by atoms with van der Waals surface area (Å²) in [5, 5.41) is 2.83. The van der Waals surface area contributed by atoms with Gasteiger partial charge in [-0.15, -0.1) is 0 Å². The second kappa shape index (κ2) is 7.13. The van der Waals surface area contributed by atoms with Crippen LogP contribution in [0.4, 0.5) is 0 Å². The van der Waals surface area contributed by atoms with Crippen molar-refractivity contribution in [3.8, 4) is 0 Å². The van der Waals surface area contributed by atoms with E-state index in [-0.39, 0.29) is 29.2 Å². The third kappa shape index (κ3) is 3.69. The lowest BCUT2D eigenvalue weighted by Gasteiger charge is -2.17. The van der Waals surface area contributed by atoms with Gasteiger partial charge in [-0.2, -0.15) is 4.31 Å². The largest absolute Gasteiger partial charge is 0.347 e. The average Bonchev–Trinajstić information content (AvgIpc) is 3.25. The first-order chi connectivity index (χ1) is 11.9. The Hall–Kier alpha value is -1.93. The molecule has 2 aliphatic heterocycles. The molecule has 0 aliphatic carbocycles. The van der Waals surface area contributed by atoms with Crippen LogP contribution in [0.1, 0.15) is 36.5 Å². The Morgan fingerprint density at radius 3 is 2.64 bits per heavy atom. The summed E-state index contributed by atoms with van der Waals surface area (Å²) in [5.74, 6) is -0.326. The molecule has 3 rings (SSSR count). The van der Waals surface area contributed by atoms with Gasteiger partial charge in [0.1, 0.15) is 0 Å². The van der Waals surface area contributed by atoms with E-state index >= 15 is 0 Å². The molecule has 1 atom stereocenters. The van der Waals surface area contributed by atoms with Crippen molar-refractivity contribution in [1.82, 2.24) is 14.5 Å². The van der Waals surface area contributed by atoms with Crippen LogP contribution in [0.5, 0.6) is 0 Å². The maximum atomic E-state index is 12.6. The van der Waals surface area contributed by atoms with E-state index in [0.29, 0.717) is 31.7 Å². The highest BCUT2D eigenvalue weighted by Crippen LogP contribution is 2.21. The minimum atomic E-state index is -3.55. The van der Waals surface area contributed by atoms with E-state index in [4.69, 9.17) is 0 Å². The number of carbonyl (C=O) groups is 2. The van der Waals surface area contributed by atoms with E-state index in [2.05, 4.69) is 5.32 Å². The zero-order valence-electron chi connectivity index (χ0n) is 14.3. The number of likely N-dealkylation sites (tertiary alicyclic amines) is 1. The van der Waals surface area contributed by atoms with Crippen molar-refractivity contribution in [3.63, 3.8) is 0 Å². The highest BCUT2D eigenvalue weighted by Gasteiger charge is 2.30. The van der Waals surface area contributed by atoms with E-state index in [1.807, 2.05) is 6.92 Å². The minimum Gasteiger partial charge on any atom is -0.347 e. The van der Waals surface area contributed by atoms with E-state index < -0.39 is 10.0 Å². The molecule has 7 nitrogen and oxygen atoms in total. The fraction of sp³-hybridized carbons (Fsp3) is 0.529. The molecule has 2 saturated heterocycles. The topological polar surface area (TPSA) is 86.8 Å². The molecule has 2 aliphatic rings. The van der Waals surface area contributed by atoms with Gasteiger partial charge in [0.25, 0.3) is 5.91 Å². The molecule has 1 aromatic carbocycles. The molecule has 0 aromatic heterocycles. The first kappa shape index (κ1) is 17.9. The minimum absolute atomic E-state index is 0.0261. The normalized spacial score (nSPS) is 21.7. The summed E-state index contributed by atoms with van der Waals surface area (Å²) >= 11 is 0. The number of benzene rings is 1. The van der Waals surface area contributed by atoms with Crippen LogP contribution in [-0.4, -0.2) is 61.7 Å². The van der Waals surface area contributed by atoms with Crippen LogP contribution in [0.15, 0.2) is 29.2 Å². The molecule has 1 aromatic rings. The number of rotatable bonds is 5. The van der Waals surface area contributed by atoms with Gasteiger partial charge in [0.2, 0.25) is 15.9 Å². The number of hydrogen-bond donors (Lipinski definition) is 1. The van der Waals surface area contributed by atoms with E-state index in [1.54, 1.807) is 17.0 Å². The Morgan fingerprint density at radius 1 is 1.28 bits per heavy atom. The molecule has 0 bridgehead atoms. The molecule has 8 heteroatoms. The van der Waals surface area contributed by atoms with Gasteiger partial charge < -0.3 is 10.2 Å². The Kier molecular flexibility index (Phi) is 5.10. The van der Waals surface area contributed by atoms with Crippen LogP contribution in [0, 0.1) is 0 Å². The summed E-state index contributed by atoms with van der Waals surface area (Å²) in [6, 6.07) is 5.86. The molecule has 0 saturated carbocycles. The third-order valence-electron chi connectivity index (χ3n) is 4.73. The van der Waals surface area contributed by atoms with Gasteiger partial charge in [0.15, 0.2) is 0 Å². The predicted molar refractivity (Wildman–Crippen MR) is 92.6 cm³/mol. The summed E-state index contributed by atoms with van der Waals surface area (Å²) < 4.78 is 26.7. The van der Waals surface area contributed by atoms with Gasteiger partial charge in [0, 0.05) is 38.2 Å². The molecule has 0 radical (unpaired) electrons. The first-order valence-corrected chi connectivity index (χ1v) is 10.0. The predicted octanol–water partition coefficient (Wildman–Crippen LogP) is 0.822. The zero-order chi connectivity index (χ0) is 18.0. The van der Waals surface area contributed by atoms with Crippen molar-refractivity contribution < 1.29 is 18.0 Å². The Morgan fingerprint density at radius 2 is 2.00 bits per heavy atom. The maximum Gasteiger partial charge on any atom is 0.251 e. The quantitative estimate of drug-likeness (QED) is 0.837. The number of nitrogens with zero attached hydrogens (tertiary/aromatic N) is 2. The van der Waals surface area contributed by atoms with Crippen LogP contribution >= 0.6 is 0 Å². The number of nitrogens with one attached hydrogen (secondary N) is 1. The van der Waals surface area contributed by atoms with E-state index in [0.717, 1.165) is 12.8 Å². The van der Waals surface area contributed by atoms with Crippen LogP contribution in [0.25, 0.3) is 0 Å². The summed E-state index contributed by atoms with van der Waals surface area (Å²) in [5.41, 5.74) is 0.294. The SMILES string of the molecule is CCN1C[C@H](NC(=O)c2cccc(S(=O)(=O)N3CCCC3)c2)CC1=O. The monoisotopic (exact) mass is 365 g/mol. The number of amides is 2. The van der Waals surface area contributed by atoms with Crippen LogP contribution in [0.3, 0.4) is 0 Å². The molecular weight excluding hydrogens is 342 g/mol. The summed E-state index contributed by atoms with van der Waals surface area (Å²) in [4.78, 5) is 26.0. The fourth-order valence-electron chi connectivity index (χ4n) is 3.32. The van der Waals surface area contributed by atoms with Crippen LogP contribution in [0.2, 0.25) is 0 Å². The lowest BCUT2D eigenvalue weighted by molar-refractivity contribution is -0.127. The van der Waals surface area contributed by atoms with Crippen molar-refractivity contribution in [2.45, 2.75) is 37.1 Å². The van der Waals surface area contributed by atoms with Crippen molar-refractivity contribution in [2.24, 2.45) is 0 Å². The molecule has 0 spiro atoms. The lowest BCUT2D eigenvalue weighted by atomic mass is 10.2. The molecule has 1 N–H and O–H groups in total. The highest BCUT2D eigenvalue weighted by atomic mass is 32.2. The van der Waals surface area contributed by atoms with Crippen LogP contribution in [-0.2, 0) is 14.8 Å². The molecule has 2 fully saturated rings. The first-order valence-electron chi connectivity index (χ1n) is 8.60. The van der Waals surface area contributed by atoms with Gasteiger partial charge in [-0.1, -0.05) is 6.07 Å². The van der Waals surface area contributed by atoms with Gasteiger partial charge >= 0.3 is 0 Å². The van der Waals surface area contributed by atoms with Gasteiger partial charge in [0.05, 0.1) is 10.9 Å². The van der Waals surface area contributed by atoms with Crippen molar-refractivity contribution in [3.05, 3.63) is 29.8 Å². The fourth-order valence-corrected chi connectivity index (χ4v) is 4.88. The Balaban J connectivity index is 1.73. The zero-order valence-corrected chi connectivity index (χ0v) is 15.1. The van der Waals surface area contributed by atoms with Crippen LogP contribution < -0.4 is 5.32 Å². The smallest absolute Gasteiger partial charge is 0.251 e. The molecule has 25 heavy (non-hydrogen) atoms. The Bertz CT molecular complexity index is 772. The molecular formula is C17H23N3O4S. The highest BCUT2D eigenvalue weighted by molar-refractivity contribution is 7.89. The third-order valence-corrected chi connectivity index (χ3v) is 6.63. The summed E-state index contributed by atoms with van der Waals surface area (Å²) in [6.07, 6.45) is 2.01. The lowest BCUT2D eigenvalue weighted by Crippen LogP contribution is -2.37. The van der Waals surface area contributed by atoms with E-state index in [1.165, 1.54) is 16.4 Å². The van der Waals surface area contributed by atoms with Crippen molar-refractivity contribution >= 4 is 21.8 Å². The van der Waals surface area contributed by atoms with Crippen molar-refractivity contribution in [2.75, 3.05) is 26.2 Å². The van der Waals surface area contributed by atoms with Gasteiger partial charge in [-0.3, -0.25) is 9.59 Å². The van der Waals surface area contributed by atoms with E-state index in [9.17, 15) is 18.0 Å².